The van der Waals surface area contributed by atoms with Crippen molar-refractivity contribution in [2.45, 2.75) is 78.6 Å². The predicted molar refractivity (Wildman–Crippen MR) is 210 cm³/mol. The van der Waals surface area contributed by atoms with Crippen molar-refractivity contribution in [2.24, 2.45) is 5.92 Å². The van der Waals surface area contributed by atoms with E-state index in [1.807, 2.05) is 58.9 Å². The number of aromatic nitrogens is 3. The van der Waals surface area contributed by atoms with E-state index < -0.39 is 18.2 Å². The van der Waals surface area contributed by atoms with Crippen LogP contribution >= 0.6 is 0 Å². The normalized spacial score (nSPS) is 19.0. The molecule has 2 aliphatic rings. The first kappa shape index (κ1) is 38.8. The van der Waals surface area contributed by atoms with Crippen molar-refractivity contribution in [1.82, 2.24) is 30.1 Å². The van der Waals surface area contributed by atoms with Crippen molar-refractivity contribution < 1.29 is 29.0 Å². The van der Waals surface area contributed by atoms with Gasteiger partial charge in [0.1, 0.15) is 17.7 Å². The minimum atomic E-state index is -0.923. The van der Waals surface area contributed by atoms with Crippen LogP contribution in [0.5, 0.6) is 0 Å². The molecule has 4 heterocycles. The number of carbonyl (C=O) groups excluding carboxylic acids is 3. The first-order valence-corrected chi connectivity index (χ1v) is 18.7. The molecule has 290 valence electrons. The maximum atomic E-state index is 13.6. The number of nitrogens with one attached hydrogen (secondary N) is 3. The van der Waals surface area contributed by atoms with Gasteiger partial charge in [-0.25, -0.2) is 19.6 Å². The van der Waals surface area contributed by atoms with Gasteiger partial charge in [-0.15, -0.1) is 0 Å². The zero-order chi connectivity index (χ0) is 39.6. The summed E-state index contributed by atoms with van der Waals surface area (Å²) in [7, 11) is 1.28. The van der Waals surface area contributed by atoms with E-state index in [-0.39, 0.29) is 35.9 Å². The quantitative estimate of drug-likeness (QED) is 0.147. The Morgan fingerprint density at radius 1 is 0.909 bits per heavy atom. The molecule has 0 saturated carbocycles. The fourth-order valence-electron chi connectivity index (χ4n) is 7.63. The summed E-state index contributed by atoms with van der Waals surface area (Å²) in [5, 5.41) is 15.1. The lowest BCUT2D eigenvalue weighted by atomic mass is 9.94. The van der Waals surface area contributed by atoms with Gasteiger partial charge in [-0.3, -0.25) is 9.59 Å². The van der Waals surface area contributed by atoms with Crippen LogP contribution < -0.4 is 15.5 Å². The predicted octanol–water partition coefficient (Wildman–Crippen LogP) is 6.63. The number of carboxylic acid groups (broad SMARTS) is 1. The van der Waals surface area contributed by atoms with Gasteiger partial charge < -0.3 is 40.2 Å². The molecule has 55 heavy (non-hydrogen) atoms. The van der Waals surface area contributed by atoms with Crippen LogP contribution in [0.3, 0.4) is 0 Å². The van der Waals surface area contributed by atoms with Gasteiger partial charge in [0.15, 0.2) is 0 Å². The Kier molecular flexibility index (Phi) is 11.4. The third-order valence-electron chi connectivity index (χ3n) is 10.7. The number of rotatable bonds is 9. The highest BCUT2D eigenvalue weighted by Crippen LogP contribution is 2.35. The molecule has 2 fully saturated rings. The van der Waals surface area contributed by atoms with Gasteiger partial charge in [-0.2, -0.15) is 0 Å². The molecule has 0 spiro atoms. The Balaban J connectivity index is 1.11. The molecule has 0 radical (unpaired) electrons. The van der Waals surface area contributed by atoms with Gasteiger partial charge >= 0.3 is 12.2 Å². The summed E-state index contributed by atoms with van der Waals surface area (Å²) in [6, 6.07) is 14.5. The van der Waals surface area contributed by atoms with Crippen LogP contribution in [0.1, 0.15) is 73.9 Å². The minimum Gasteiger partial charge on any atom is -0.465 e. The molecule has 4 N–H and O–H groups in total. The maximum absolute atomic E-state index is 13.6. The standard InChI is InChI=1S/C41H50N8O6/c1-23(2)36(46-40(52)55-7)39(51)47-16-8-9-34(47)37-43-20-33(45-37)28-10-13-31(24(3)17-28)32-14-12-30(18-25(32)4)44-38(50)29-11-15-35(42-19-29)48-21-27(6)49(41(53)54)22-26(48)5/h10-15,17-20,23,26-27,34,36H,8-9,16,21-22H2,1-7H3,(H,43,45)(H,44,50)(H,46,52)(H,53,54)/t26-,27+,34+,36+/m1/s1. The van der Waals surface area contributed by atoms with Crippen molar-refractivity contribution in [3.8, 4) is 22.4 Å². The molecule has 0 unspecified atom stereocenters. The Morgan fingerprint density at radius 3 is 2.27 bits per heavy atom. The highest BCUT2D eigenvalue weighted by Gasteiger charge is 2.37. The second-order valence-electron chi connectivity index (χ2n) is 14.9. The molecule has 2 aromatic carbocycles. The molecule has 14 nitrogen and oxygen atoms in total. The summed E-state index contributed by atoms with van der Waals surface area (Å²) < 4.78 is 4.75. The average molecular weight is 751 g/mol. The number of alkyl carbamates (subject to hydrolysis) is 1. The number of anilines is 2. The van der Waals surface area contributed by atoms with Crippen molar-refractivity contribution in [2.75, 3.05) is 37.0 Å². The summed E-state index contributed by atoms with van der Waals surface area (Å²) >= 11 is 0. The van der Waals surface area contributed by atoms with E-state index in [4.69, 9.17) is 4.74 Å². The Morgan fingerprint density at radius 2 is 1.64 bits per heavy atom. The SMILES string of the molecule is COC(=O)N[C@H](C(=O)N1CCC[C@H]1c1ncc(-c2ccc(-c3ccc(NC(=O)c4ccc(N5C[C@H](C)N(C(=O)O)C[C@H]5C)nc4)cc3C)c(C)c2)[nH]1)C(C)C. The minimum absolute atomic E-state index is 0.0476. The van der Waals surface area contributed by atoms with Crippen molar-refractivity contribution in [3.05, 3.63) is 83.4 Å². The molecule has 2 aliphatic heterocycles. The number of methoxy groups -OCH3 is 1. The zero-order valence-corrected chi connectivity index (χ0v) is 32.4. The number of pyridine rings is 1. The molecule has 0 bridgehead atoms. The van der Waals surface area contributed by atoms with Gasteiger partial charge in [0.05, 0.1) is 30.6 Å². The number of hydrogen-bond donors (Lipinski definition) is 4. The molecule has 2 saturated heterocycles. The lowest BCUT2D eigenvalue weighted by molar-refractivity contribution is -0.135. The van der Waals surface area contributed by atoms with Crippen molar-refractivity contribution >= 4 is 35.5 Å². The number of hydrogen-bond acceptors (Lipinski definition) is 8. The van der Waals surface area contributed by atoms with E-state index in [1.54, 1.807) is 29.4 Å². The molecule has 4 atom stereocenters. The third-order valence-corrected chi connectivity index (χ3v) is 10.7. The second kappa shape index (κ2) is 16.2. The number of amides is 4. The van der Waals surface area contributed by atoms with E-state index in [9.17, 15) is 24.3 Å². The number of piperazine rings is 1. The number of aromatic amines is 1. The number of aryl methyl sites for hydroxylation is 2. The first-order valence-electron chi connectivity index (χ1n) is 18.7. The molecule has 6 rings (SSSR count). The van der Waals surface area contributed by atoms with Crippen LogP contribution in [-0.2, 0) is 9.53 Å². The monoisotopic (exact) mass is 750 g/mol. The smallest absolute Gasteiger partial charge is 0.407 e. The fourth-order valence-corrected chi connectivity index (χ4v) is 7.63. The topological polar surface area (TPSA) is 173 Å². The van der Waals surface area contributed by atoms with Crippen LogP contribution in [0, 0.1) is 19.8 Å². The molecule has 4 amide bonds. The summed E-state index contributed by atoms with van der Waals surface area (Å²) in [5.74, 6) is 0.879. The van der Waals surface area contributed by atoms with E-state index in [2.05, 4.69) is 49.5 Å². The van der Waals surface area contributed by atoms with Gasteiger partial charge in [0, 0.05) is 43.6 Å². The molecule has 0 aliphatic carbocycles. The van der Waals surface area contributed by atoms with E-state index in [0.29, 0.717) is 42.5 Å². The average Bonchev–Trinajstić information content (AvgIpc) is 3.85. The van der Waals surface area contributed by atoms with Crippen LogP contribution in [-0.4, -0.2) is 98.7 Å². The highest BCUT2D eigenvalue weighted by atomic mass is 16.5. The molecule has 2 aromatic heterocycles. The number of imidazole rings is 1. The molecular formula is C41H50N8O6. The third kappa shape index (κ3) is 8.27. The number of H-pyrrole nitrogens is 1. The molecular weight excluding hydrogens is 701 g/mol. The Bertz CT molecular complexity index is 2060. The van der Waals surface area contributed by atoms with Crippen LogP contribution in [0.15, 0.2) is 60.9 Å². The summed E-state index contributed by atoms with van der Waals surface area (Å²) in [6.07, 6.45) is 3.41. The number of ether oxygens (including phenoxy) is 1. The number of nitrogens with zero attached hydrogens (tertiary/aromatic N) is 5. The van der Waals surface area contributed by atoms with Crippen LogP contribution in [0.25, 0.3) is 22.4 Å². The van der Waals surface area contributed by atoms with Crippen molar-refractivity contribution in [1.29, 1.82) is 0 Å². The van der Waals surface area contributed by atoms with Gasteiger partial charge in [0.2, 0.25) is 5.91 Å². The zero-order valence-electron chi connectivity index (χ0n) is 32.4. The van der Waals surface area contributed by atoms with Crippen LogP contribution in [0.4, 0.5) is 21.1 Å². The summed E-state index contributed by atoms with van der Waals surface area (Å²) in [4.78, 5) is 68.2. The van der Waals surface area contributed by atoms with Crippen molar-refractivity contribution in [3.63, 3.8) is 0 Å². The van der Waals surface area contributed by atoms with Crippen LogP contribution in [0.2, 0.25) is 0 Å². The fraction of sp³-hybridized carbons (Fsp3) is 0.415. The van der Waals surface area contributed by atoms with Gasteiger partial charge in [0.25, 0.3) is 5.91 Å². The number of likely N-dealkylation sites (tertiary alicyclic amines) is 1. The summed E-state index contributed by atoms with van der Waals surface area (Å²) in [6.45, 7) is 13.2. The second-order valence-corrected chi connectivity index (χ2v) is 14.9. The molecule has 4 aromatic rings. The largest absolute Gasteiger partial charge is 0.465 e. The van der Waals surface area contributed by atoms with E-state index >= 15 is 0 Å². The van der Waals surface area contributed by atoms with Gasteiger partial charge in [-0.1, -0.05) is 32.0 Å². The van der Waals surface area contributed by atoms with E-state index in [0.717, 1.165) is 46.4 Å². The molecule has 14 heteroatoms. The number of benzene rings is 2. The highest BCUT2D eigenvalue weighted by molar-refractivity contribution is 6.04. The first-order chi connectivity index (χ1) is 26.2. The number of carbonyl (C=O) groups is 4. The Labute approximate surface area is 321 Å². The van der Waals surface area contributed by atoms with E-state index in [1.165, 1.54) is 12.0 Å². The lowest BCUT2D eigenvalue weighted by Crippen LogP contribution is -2.58. The summed E-state index contributed by atoms with van der Waals surface area (Å²) in [5.41, 5.74) is 7.09. The van der Waals surface area contributed by atoms with Gasteiger partial charge in [-0.05, 0) is 105 Å². The maximum Gasteiger partial charge on any atom is 0.407 e. The lowest BCUT2D eigenvalue weighted by Gasteiger charge is -2.43. The Hall–Kier alpha value is -5.92.